The van der Waals surface area contributed by atoms with E-state index in [0.717, 1.165) is 12.0 Å². The van der Waals surface area contributed by atoms with E-state index in [1.54, 1.807) is 11.9 Å². The third kappa shape index (κ3) is 3.57. The van der Waals surface area contributed by atoms with Crippen LogP contribution in [0.4, 0.5) is 0 Å². The fourth-order valence-electron chi connectivity index (χ4n) is 2.24. The highest BCUT2D eigenvalue weighted by molar-refractivity contribution is 5.86. The van der Waals surface area contributed by atoms with Crippen LogP contribution in [0, 0.1) is 0 Å². The molecule has 0 radical (unpaired) electrons. The molecule has 5 nitrogen and oxygen atoms in total. The second-order valence-corrected chi connectivity index (χ2v) is 5.10. The van der Waals surface area contributed by atoms with E-state index in [4.69, 9.17) is 0 Å². The summed E-state index contributed by atoms with van der Waals surface area (Å²) in [7, 11) is 1.79. The molecule has 1 aliphatic rings. The van der Waals surface area contributed by atoms with Crippen molar-refractivity contribution in [1.29, 1.82) is 0 Å². The summed E-state index contributed by atoms with van der Waals surface area (Å²) in [5.41, 5.74) is 2.40. The summed E-state index contributed by atoms with van der Waals surface area (Å²) in [6.07, 6.45) is 1.01. The number of nitrogens with zero attached hydrogens (tertiary/aromatic N) is 1. The molecule has 0 saturated carbocycles. The van der Waals surface area contributed by atoms with Crippen molar-refractivity contribution in [2.45, 2.75) is 25.9 Å². The molecule has 0 spiro atoms. The van der Waals surface area contributed by atoms with Crippen molar-refractivity contribution < 1.29 is 9.59 Å². The summed E-state index contributed by atoms with van der Waals surface area (Å²) in [6.45, 7) is 3.26. The number of hydrogen-bond acceptors (Lipinski definition) is 3. The molecule has 1 unspecified atom stereocenters. The highest BCUT2D eigenvalue weighted by atomic mass is 16.2. The lowest BCUT2D eigenvalue weighted by molar-refractivity contribution is -0.134. The summed E-state index contributed by atoms with van der Waals surface area (Å²) in [4.78, 5) is 25.0. The van der Waals surface area contributed by atoms with Crippen molar-refractivity contribution in [2.24, 2.45) is 0 Å². The highest BCUT2D eigenvalue weighted by Gasteiger charge is 2.26. The molecule has 20 heavy (non-hydrogen) atoms. The first kappa shape index (κ1) is 14.5. The second-order valence-electron chi connectivity index (χ2n) is 5.10. The first-order chi connectivity index (χ1) is 9.60. The van der Waals surface area contributed by atoms with Crippen LogP contribution in [0.15, 0.2) is 24.3 Å². The van der Waals surface area contributed by atoms with Gasteiger partial charge in [-0.05, 0) is 17.5 Å². The van der Waals surface area contributed by atoms with Gasteiger partial charge in [-0.15, -0.1) is 0 Å². The second kappa shape index (κ2) is 6.52. The molecule has 1 saturated heterocycles. The molecule has 1 fully saturated rings. The predicted molar refractivity (Wildman–Crippen MR) is 77.1 cm³/mol. The molecule has 2 rings (SSSR count). The Bertz CT molecular complexity index is 474. The van der Waals surface area contributed by atoms with Gasteiger partial charge in [0.05, 0.1) is 6.54 Å². The van der Waals surface area contributed by atoms with Gasteiger partial charge in [-0.2, -0.15) is 0 Å². The average molecular weight is 275 g/mol. The number of piperazine rings is 1. The van der Waals surface area contributed by atoms with Crippen LogP contribution in [-0.4, -0.2) is 42.9 Å². The van der Waals surface area contributed by atoms with Gasteiger partial charge in [0.15, 0.2) is 0 Å². The fourth-order valence-corrected chi connectivity index (χ4v) is 2.24. The molecule has 1 heterocycles. The number of carbonyl (C=O) groups excluding carboxylic acids is 2. The molecule has 108 valence electrons. The molecule has 5 heteroatoms. The normalized spacial score (nSPS) is 18.5. The number of hydrogen-bond donors (Lipinski definition) is 2. The van der Waals surface area contributed by atoms with Gasteiger partial charge in [0.1, 0.15) is 6.04 Å². The van der Waals surface area contributed by atoms with E-state index in [0.29, 0.717) is 13.1 Å². The first-order valence-electron chi connectivity index (χ1n) is 6.93. The molecule has 1 aromatic rings. The smallest absolute Gasteiger partial charge is 0.241 e. The summed E-state index contributed by atoms with van der Waals surface area (Å²) in [6, 6.07) is 7.96. The van der Waals surface area contributed by atoms with Crippen LogP contribution in [-0.2, 0) is 22.6 Å². The highest BCUT2D eigenvalue weighted by Crippen LogP contribution is 2.08. The summed E-state index contributed by atoms with van der Waals surface area (Å²) < 4.78 is 0. The van der Waals surface area contributed by atoms with Crippen LogP contribution in [0.2, 0.25) is 0 Å². The standard InChI is InChI=1S/C15H21N3O2/c1-3-11-4-6-12(7-5-11)10-18(2)15(20)13-8-17-14(19)9-16-13/h4-7,13,16H,3,8-10H2,1-2H3,(H,17,19). The van der Waals surface area contributed by atoms with Crippen molar-refractivity contribution in [3.63, 3.8) is 0 Å². The molecule has 2 N–H and O–H groups in total. The number of aryl methyl sites for hydroxylation is 1. The molecule has 0 aliphatic carbocycles. The van der Waals surface area contributed by atoms with Crippen LogP contribution < -0.4 is 10.6 Å². The van der Waals surface area contributed by atoms with E-state index >= 15 is 0 Å². The zero-order valence-corrected chi connectivity index (χ0v) is 12.0. The Labute approximate surface area is 119 Å². The van der Waals surface area contributed by atoms with E-state index < -0.39 is 0 Å². The molecule has 2 amide bonds. The lowest BCUT2D eigenvalue weighted by atomic mass is 10.1. The van der Waals surface area contributed by atoms with Crippen LogP contribution >= 0.6 is 0 Å². The summed E-state index contributed by atoms with van der Waals surface area (Å²) in [5, 5.41) is 5.65. The van der Waals surface area contributed by atoms with Gasteiger partial charge < -0.3 is 10.2 Å². The maximum Gasteiger partial charge on any atom is 0.241 e. The number of likely N-dealkylation sites (N-methyl/N-ethyl adjacent to an activating group) is 1. The molecule has 1 atom stereocenters. The maximum atomic E-state index is 12.2. The van der Waals surface area contributed by atoms with Gasteiger partial charge >= 0.3 is 0 Å². The number of rotatable bonds is 4. The van der Waals surface area contributed by atoms with Crippen molar-refractivity contribution in [1.82, 2.24) is 15.5 Å². The molecule has 0 aromatic heterocycles. The van der Waals surface area contributed by atoms with Gasteiger partial charge in [-0.1, -0.05) is 31.2 Å². The third-order valence-corrected chi connectivity index (χ3v) is 3.54. The van der Waals surface area contributed by atoms with E-state index in [1.807, 2.05) is 0 Å². The summed E-state index contributed by atoms with van der Waals surface area (Å²) >= 11 is 0. The number of nitrogens with one attached hydrogen (secondary N) is 2. The van der Waals surface area contributed by atoms with E-state index in [-0.39, 0.29) is 24.4 Å². The van der Waals surface area contributed by atoms with Crippen LogP contribution in [0.5, 0.6) is 0 Å². The molecular formula is C15H21N3O2. The minimum Gasteiger partial charge on any atom is -0.353 e. The Kier molecular flexibility index (Phi) is 4.74. The van der Waals surface area contributed by atoms with Gasteiger partial charge in [0.25, 0.3) is 0 Å². The Morgan fingerprint density at radius 3 is 2.50 bits per heavy atom. The molecular weight excluding hydrogens is 254 g/mol. The number of carbonyl (C=O) groups is 2. The topological polar surface area (TPSA) is 61.4 Å². The number of amides is 2. The fraction of sp³-hybridized carbons (Fsp3) is 0.467. The minimum absolute atomic E-state index is 0.00423. The molecule has 0 bridgehead atoms. The van der Waals surface area contributed by atoms with Crippen molar-refractivity contribution in [2.75, 3.05) is 20.1 Å². The van der Waals surface area contributed by atoms with Crippen molar-refractivity contribution in [3.05, 3.63) is 35.4 Å². The van der Waals surface area contributed by atoms with Gasteiger partial charge in [0, 0.05) is 20.1 Å². The maximum absolute atomic E-state index is 12.2. The Balaban J connectivity index is 1.91. The van der Waals surface area contributed by atoms with Crippen molar-refractivity contribution in [3.8, 4) is 0 Å². The monoisotopic (exact) mass is 275 g/mol. The van der Waals surface area contributed by atoms with Gasteiger partial charge in [0.2, 0.25) is 11.8 Å². The Morgan fingerprint density at radius 1 is 1.30 bits per heavy atom. The lowest BCUT2D eigenvalue weighted by Gasteiger charge is -2.27. The lowest BCUT2D eigenvalue weighted by Crippen LogP contribution is -2.58. The summed E-state index contributed by atoms with van der Waals surface area (Å²) in [5.74, 6) is -0.0589. The van der Waals surface area contributed by atoms with Gasteiger partial charge in [-0.25, -0.2) is 0 Å². The Hall–Kier alpha value is -1.88. The average Bonchev–Trinajstić information content (AvgIpc) is 2.48. The third-order valence-electron chi connectivity index (χ3n) is 3.54. The van der Waals surface area contributed by atoms with Crippen LogP contribution in [0.3, 0.4) is 0 Å². The van der Waals surface area contributed by atoms with E-state index in [2.05, 4.69) is 41.8 Å². The minimum atomic E-state index is -0.326. The Morgan fingerprint density at radius 2 is 1.95 bits per heavy atom. The number of benzene rings is 1. The van der Waals surface area contributed by atoms with Crippen molar-refractivity contribution >= 4 is 11.8 Å². The van der Waals surface area contributed by atoms with E-state index in [1.165, 1.54) is 5.56 Å². The van der Waals surface area contributed by atoms with E-state index in [9.17, 15) is 9.59 Å². The zero-order chi connectivity index (χ0) is 14.5. The first-order valence-corrected chi connectivity index (χ1v) is 6.93. The zero-order valence-electron chi connectivity index (χ0n) is 12.0. The van der Waals surface area contributed by atoms with Crippen LogP contribution in [0.25, 0.3) is 0 Å². The largest absolute Gasteiger partial charge is 0.353 e. The predicted octanol–water partition coefficient (Wildman–Crippen LogP) is 0.295. The molecule has 1 aliphatic heterocycles. The quantitative estimate of drug-likeness (QED) is 0.830. The van der Waals surface area contributed by atoms with Crippen LogP contribution in [0.1, 0.15) is 18.1 Å². The van der Waals surface area contributed by atoms with Gasteiger partial charge in [-0.3, -0.25) is 14.9 Å². The molecule has 1 aromatic carbocycles. The SMILES string of the molecule is CCc1ccc(CN(C)C(=O)C2CNC(=O)CN2)cc1.